The number of hydrogen-bond donors (Lipinski definition) is 1. The van der Waals surface area contributed by atoms with Crippen LogP contribution in [0.4, 0.5) is 26.3 Å². The Hall–Kier alpha value is 0.206. The number of nitrogens with one attached hydrogen (secondary N) is 1. The Kier molecular flexibility index (Phi) is 5.61. The molecule has 0 rings (SSSR count). The normalized spacial score (nSPS) is 14.4. The van der Waals surface area contributed by atoms with Crippen LogP contribution in [-0.4, -0.2) is 50.9 Å². The molecule has 0 aromatic heterocycles. The molecular formula is C2H3F6MgNO4S2. The van der Waals surface area contributed by atoms with E-state index in [-0.39, 0.29) is 25.9 Å². The number of hydrogen-bond acceptors (Lipinski definition) is 4. The molecule has 1 N–H and O–H groups in total. The van der Waals surface area contributed by atoms with E-state index in [2.05, 4.69) is 0 Å². The molecule has 0 aromatic rings. The Morgan fingerprint density at radius 3 is 1.06 bits per heavy atom. The second kappa shape index (κ2) is 4.83. The monoisotopic (exact) mass is 307 g/mol. The minimum absolute atomic E-state index is 0. The molecule has 0 aliphatic rings. The number of rotatable bonds is 2. The summed E-state index contributed by atoms with van der Waals surface area (Å²) in [5.41, 5.74) is -12.3. The fourth-order valence-electron chi connectivity index (χ4n) is 0.239. The van der Waals surface area contributed by atoms with Crippen LogP contribution in [0, 0.1) is 0 Å². The molecule has 5 nitrogen and oxygen atoms in total. The summed E-state index contributed by atoms with van der Waals surface area (Å²) in [5, 5.41) is 0. The van der Waals surface area contributed by atoms with E-state index in [1.54, 1.807) is 0 Å². The molecule has 0 aromatic carbocycles. The van der Waals surface area contributed by atoms with E-state index in [4.69, 9.17) is 0 Å². The maximum absolute atomic E-state index is 11.5. The summed E-state index contributed by atoms with van der Waals surface area (Å²) in [6, 6.07) is 0. The van der Waals surface area contributed by atoms with Gasteiger partial charge in [0.05, 0.1) is 0 Å². The van der Waals surface area contributed by atoms with E-state index >= 15 is 0 Å². The Balaban J connectivity index is -0.000000327. The van der Waals surface area contributed by atoms with Crippen molar-refractivity contribution in [3.05, 3.63) is 0 Å². The Morgan fingerprint density at radius 1 is 0.750 bits per heavy atom. The first kappa shape index (κ1) is 18.6. The van der Waals surface area contributed by atoms with E-state index in [9.17, 15) is 43.2 Å². The van der Waals surface area contributed by atoms with Crippen molar-refractivity contribution in [2.45, 2.75) is 11.0 Å². The molecule has 0 unspecified atom stereocenters. The zero-order valence-electron chi connectivity index (χ0n) is 8.92. The van der Waals surface area contributed by atoms with Crippen molar-refractivity contribution in [3.8, 4) is 0 Å². The smallest absolute Gasteiger partial charge is 1.00 e. The van der Waals surface area contributed by atoms with E-state index in [1.165, 1.54) is 0 Å². The summed E-state index contributed by atoms with van der Waals surface area (Å²) in [6.45, 7) is 0. The summed E-state index contributed by atoms with van der Waals surface area (Å²) in [4.78, 5) is 0. The molecule has 0 heterocycles. The van der Waals surface area contributed by atoms with Gasteiger partial charge in [0.1, 0.15) is 0 Å². The molecule has 16 heavy (non-hydrogen) atoms. The molecule has 0 atom stereocenters. The summed E-state index contributed by atoms with van der Waals surface area (Å²) in [6.07, 6.45) is 0. The van der Waals surface area contributed by atoms with E-state index in [0.717, 1.165) is 0 Å². The quantitative estimate of drug-likeness (QED) is 0.580. The van der Waals surface area contributed by atoms with Crippen LogP contribution in [0.3, 0.4) is 0 Å². The fourth-order valence-corrected chi connectivity index (χ4v) is 2.15. The van der Waals surface area contributed by atoms with Gasteiger partial charge in [0.25, 0.3) is 0 Å². The molecule has 0 saturated carbocycles. The molecule has 96 valence electrons. The van der Waals surface area contributed by atoms with Crippen LogP contribution in [0.1, 0.15) is 2.85 Å². The maximum atomic E-state index is 11.5. The molecular weight excluding hydrogens is 304 g/mol. The Bertz CT molecular complexity index is 399. The standard InChI is InChI=1S/C2HF6NO4S2.Mg.2H/c3-1(4,5)14(10,11)9-15(12,13)2(6,7)8;;;/h9H;;;/q;+2;2*-1. The summed E-state index contributed by atoms with van der Waals surface area (Å²) >= 11 is 0. The van der Waals surface area contributed by atoms with Crippen LogP contribution in [0.25, 0.3) is 0 Å². The van der Waals surface area contributed by atoms with Crippen molar-refractivity contribution in [2.24, 2.45) is 0 Å². The van der Waals surface area contributed by atoms with Crippen molar-refractivity contribution in [1.29, 1.82) is 0 Å². The first-order chi connectivity index (χ1) is 6.21. The van der Waals surface area contributed by atoms with Crippen molar-refractivity contribution in [3.63, 3.8) is 0 Å². The second-order valence-electron chi connectivity index (χ2n) is 1.98. The Morgan fingerprint density at radius 2 is 0.938 bits per heavy atom. The van der Waals surface area contributed by atoms with Gasteiger partial charge in [-0.25, -0.2) is 16.8 Å². The van der Waals surface area contributed by atoms with Crippen molar-refractivity contribution in [2.75, 3.05) is 0 Å². The molecule has 14 heteroatoms. The van der Waals surface area contributed by atoms with Crippen LogP contribution in [0.5, 0.6) is 0 Å². The van der Waals surface area contributed by atoms with E-state index < -0.39 is 35.2 Å². The predicted octanol–water partition coefficient (Wildman–Crippen LogP) is 0.119. The third-order valence-corrected chi connectivity index (χ3v) is 3.80. The van der Waals surface area contributed by atoms with Gasteiger partial charge >= 0.3 is 54.1 Å². The van der Waals surface area contributed by atoms with Gasteiger partial charge in [-0.2, -0.15) is 26.3 Å². The predicted molar refractivity (Wildman–Crippen MR) is 41.1 cm³/mol. The molecule has 0 aliphatic heterocycles. The molecule has 0 saturated heterocycles. The fraction of sp³-hybridized carbons (Fsp3) is 1.00. The van der Waals surface area contributed by atoms with Crippen molar-refractivity contribution < 1.29 is 46.0 Å². The minimum atomic E-state index is -6.60. The first-order valence-electron chi connectivity index (χ1n) is 2.62. The van der Waals surface area contributed by atoms with Gasteiger partial charge in [0.15, 0.2) is 0 Å². The minimum Gasteiger partial charge on any atom is -1.00 e. The third kappa shape index (κ3) is 4.23. The number of sulfonamides is 2. The van der Waals surface area contributed by atoms with Crippen LogP contribution in [0.2, 0.25) is 0 Å². The van der Waals surface area contributed by atoms with E-state index in [0.29, 0.717) is 0 Å². The first-order valence-corrected chi connectivity index (χ1v) is 5.58. The van der Waals surface area contributed by atoms with Crippen molar-refractivity contribution in [1.82, 2.24) is 4.13 Å². The molecule has 0 spiro atoms. The van der Waals surface area contributed by atoms with Gasteiger partial charge < -0.3 is 2.85 Å². The van der Waals surface area contributed by atoms with Gasteiger partial charge in [-0.1, -0.05) is 4.13 Å². The van der Waals surface area contributed by atoms with Crippen molar-refractivity contribution >= 4 is 43.1 Å². The Labute approximate surface area is 104 Å². The van der Waals surface area contributed by atoms with E-state index in [1.807, 2.05) is 0 Å². The van der Waals surface area contributed by atoms with Crippen LogP contribution < -0.4 is 4.13 Å². The van der Waals surface area contributed by atoms with Gasteiger partial charge in [0.2, 0.25) is 0 Å². The third-order valence-electron chi connectivity index (χ3n) is 0.829. The average molecular weight is 307 g/mol. The molecule has 0 fully saturated rings. The number of halogens is 6. The van der Waals surface area contributed by atoms with Crippen LogP contribution in [0.15, 0.2) is 0 Å². The average Bonchev–Trinajstić information content (AvgIpc) is 1.77. The van der Waals surface area contributed by atoms with Gasteiger partial charge in [-0.05, 0) is 0 Å². The largest absolute Gasteiger partial charge is 2.00 e. The summed E-state index contributed by atoms with van der Waals surface area (Å²) in [7, 11) is -13.2. The molecule has 0 amide bonds. The van der Waals surface area contributed by atoms with Crippen LogP contribution >= 0.6 is 0 Å². The second-order valence-corrected chi connectivity index (χ2v) is 5.59. The SMILES string of the molecule is O=S(=O)(NS(=O)(=O)C(F)(F)F)C(F)(F)F.[H-].[H-].[Mg+2]. The zero-order valence-corrected chi connectivity index (χ0v) is 9.97. The topological polar surface area (TPSA) is 80.3 Å². The van der Waals surface area contributed by atoms with Gasteiger partial charge in [-0.3, -0.25) is 0 Å². The molecule has 0 bridgehead atoms. The number of alkyl halides is 6. The summed E-state index contributed by atoms with van der Waals surface area (Å²) < 4.78 is 108. The molecule has 0 radical (unpaired) electrons. The van der Waals surface area contributed by atoms with Crippen LogP contribution in [-0.2, 0) is 20.0 Å². The maximum Gasteiger partial charge on any atom is 2.00 e. The molecule has 0 aliphatic carbocycles. The zero-order chi connectivity index (χ0) is 12.7. The van der Waals surface area contributed by atoms with Gasteiger partial charge in [-0.15, -0.1) is 0 Å². The summed E-state index contributed by atoms with van der Waals surface area (Å²) in [5.74, 6) is 0. The van der Waals surface area contributed by atoms with Gasteiger partial charge in [0, 0.05) is 0 Å².